The predicted octanol–water partition coefficient (Wildman–Crippen LogP) is 3.51. The molecule has 1 fully saturated rings. The number of carboxylic acid groups (broad SMARTS) is 1. The molecule has 0 bridgehead atoms. The Kier molecular flexibility index (Phi) is 6.25. The Bertz CT molecular complexity index is 1120. The maximum absolute atomic E-state index is 13.0. The zero-order valence-electron chi connectivity index (χ0n) is 17.0. The van der Waals surface area contributed by atoms with Crippen molar-refractivity contribution in [1.29, 1.82) is 0 Å². The third-order valence-electron chi connectivity index (χ3n) is 5.55. The molecule has 9 nitrogen and oxygen atoms in total. The Morgan fingerprint density at radius 2 is 2.03 bits per heavy atom. The van der Waals surface area contributed by atoms with Crippen molar-refractivity contribution in [3.8, 4) is 0 Å². The fourth-order valence-corrected chi connectivity index (χ4v) is 4.37. The van der Waals surface area contributed by atoms with E-state index in [4.69, 9.17) is 5.11 Å². The molecular formula is C21H23IN6O3. The third kappa shape index (κ3) is 4.73. The van der Waals surface area contributed by atoms with E-state index in [1.807, 2.05) is 40.6 Å². The number of hydrogen-bond acceptors (Lipinski definition) is 5. The van der Waals surface area contributed by atoms with Crippen LogP contribution >= 0.6 is 22.6 Å². The van der Waals surface area contributed by atoms with Crippen LogP contribution in [0.4, 0.5) is 16.3 Å². The largest absolute Gasteiger partial charge is 0.465 e. The van der Waals surface area contributed by atoms with E-state index in [-0.39, 0.29) is 11.8 Å². The van der Waals surface area contributed by atoms with E-state index in [9.17, 15) is 9.59 Å². The first kappa shape index (κ1) is 21.3. The van der Waals surface area contributed by atoms with Gasteiger partial charge in [-0.05, 0) is 72.0 Å². The Labute approximate surface area is 193 Å². The smallest absolute Gasteiger partial charge is 0.404 e. The first-order valence-electron chi connectivity index (χ1n) is 10.0. The molecule has 2 aromatic heterocycles. The standard InChI is InChI=1S/C21H23IN6O3/c1-13-10-15(26-18-19-24-12-17(22)28(19)9-6-23-18)2-3-16(13)20(29)27-7-4-14(5-8-27)11-25-21(30)31/h2-3,6,9-10,12,14,25H,4-5,7-8,11H2,1H3,(H,23,26)(H,30,31). The molecule has 31 heavy (non-hydrogen) atoms. The first-order valence-corrected chi connectivity index (χ1v) is 11.1. The summed E-state index contributed by atoms with van der Waals surface area (Å²) in [5, 5.41) is 14.5. The molecule has 10 heteroatoms. The number of halogens is 1. The summed E-state index contributed by atoms with van der Waals surface area (Å²) in [7, 11) is 0. The van der Waals surface area contributed by atoms with Gasteiger partial charge in [-0.2, -0.15) is 0 Å². The zero-order chi connectivity index (χ0) is 22.0. The van der Waals surface area contributed by atoms with Gasteiger partial charge >= 0.3 is 6.09 Å². The first-order chi connectivity index (χ1) is 14.9. The summed E-state index contributed by atoms with van der Waals surface area (Å²) < 4.78 is 2.95. The number of imidazole rings is 1. The summed E-state index contributed by atoms with van der Waals surface area (Å²) in [6, 6.07) is 5.66. The number of carbonyl (C=O) groups excluding carboxylic acids is 1. The number of aryl methyl sites for hydroxylation is 1. The number of rotatable bonds is 5. The van der Waals surface area contributed by atoms with Gasteiger partial charge in [0.2, 0.25) is 0 Å². The normalized spacial score (nSPS) is 14.6. The van der Waals surface area contributed by atoms with Gasteiger partial charge in [0.15, 0.2) is 11.5 Å². The number of nitrogens with one attached hydrogen (secondary N) is 2. The summed E-state index contributed by atoms with van der Waals surface area (Å²) in [6.45, 7) is 3.63. The Morgan fingerprint density at radius 3 is 2.74 bits per heavy atom. The molecule has 0 atom stereocenters. The van der Waals surface area contributed by atoms with Gasteiger partial charge < -0.3 is 20.6 Å². The third-order valence-corrected chi connectivity index (χ3v) is 6.34. The van der Waals surface area contributed by atoms with Gasteiger partial charge in [-0.25, -0.2) is 14.8 Å². The number of aromatic nitrogens is 3. The van der Waals surface area contributed by atoms with Crippen molar-refractivity contribution in [3.05, 3.63) is 51.6 Å². The number of amides is 2. The van der Waals surface area contributed by atoms with Crippen molar-refractivity contribution < 1.29 is 14.7 Å². The molecule has 4 rings (SSSR count). The molecule has 2 amide bonds. The van der Waals surface area contributed by atoms with Crippen LogP contribution in [0.15, 0.2) is 36.8 Å². The highest BCUT2D eigenvalue weighted by Crippen LogP contribution is 2.24. The number of likely N-dealkylation sites (tertiary alicyclic amines) is 1. The molecule has 1 aliphatic heterocycles. The molecule has 3 N–H and O–H groups in total. The number of fused-ring (bicyclic) bond motifs is 1. The highest BCUT2D eigenvalue weighted by atomic mass is 127. The van der Waals surface area contributed by atoms with Crippen molar-refractivity contribution in [3.63, 3.8) is 0 Å². The van der Waals surface area contributed by atoms with Gasteiger partial charge in [0.05, 0.1) is 6.20 Å². The molecular weight excluding hydrogens is 511 g/mol. The van der Waals surface area contributed by atoms with Gasteiger partial charge in [0.1, 0.15) is 3.70 Å². The number of nitrogens with zero attached hydrogens (tertiary/aromatic N) is 4. The van der Waals surface area contributed by atoms with Crippen LogP contribution in [0.2, 0.25) is 0 Å². The molecule has 1 aliphatic rings. The average Bonchev–Trinajstić information content (AvgIpc) is 3.14. The lowest BCUT2D eigenvalue weighted by Gasteiger charge is -2.32. The van der Waals surface area contributed by atoms with Crippen LogP contribution in [0, 0.1) is 16.5 Å². The molecule has 1 saturated heterocycles. The molecule has 0 unspecified atom stereocenters. The number of hydrogen-bond donors (Lipinski definition) is 3. The molecule has 1 aromatic carbocycles. The summed E-state index contributed by atoms with van der Waals surface area (Å²) >= 11 is 2.22. The summed E-state index contributed by atoms with van der Waals surface area (Å²) in [6.07, 6.45) is 5.96. The Morgan fingerprint density at radius 1 is 1.26 bits per heavy atom. The minimum atomic E-state index is -1.00. The highest BCUT2D eigenvalue weighted by molar-refractivity contribution is 14.1. The van der Waals surface area contributed by atoms with E-state index in [0.717, 1.165) is 33.4 Å². The van der Waals surface area contributed by atoms with Crippen LogP contribution in [0.1, 0.15) is 28.8 Å². The Hall–Kier alpha value is -2.89. The molecule has 3 heterocycles. The van der Waals surface area contributed by atoms with Crippen LogP contribution in [-0.4, -0.2) is 56.0 Å². The van der Waals surface area contributed by atoms with Crippen LogP contribution in [0.5, 0.6) is 0 Å². The number of carbonyl (C=O) groups is 2. The fourth-order valence-electron chi connectivity index (χ4n) is 3.84. The van der Waals surface area contributed by atoms with E-state index in [1.165, 1.54) is 0 Å². The van der Waals surface area contributed by atoms with Crippen molar-refractivity contribution in [2.75, 3.05) is 25.0 Å². The lowest BCUT2D eigenvalue weighted by atomic mass is 9.96. The lowest BCUT2D eigenvalue weighted by Crippen LogP contribution is -2.41. The van der Waals surface area contributed by atoms with Crippen LogP contribution in [0.25, 0.3) is 5.65 Å². The van der Waals surface area contributed by atoms with E-state index in [2.05, 4.69) is 43.2 Å². The van der Waals surface area contributed by atoms with Crippen LogP contribution in [-0.2, 0) is 0 Å². The molecule has 0 aliphatic carbocycles. The molecule has 0 saturated carbocycles. The van der Waals surface area contributed by atoms with Gasteiger partial charge in [-0.1, -0.05) is 0 Å². The predicted molar refractivity (Wildman–Crippen MR) is 125 cm³/mol. The monoisotopic (exact) mass is 534 g/mol. The van der Waals surface area contributed by atoms with E-state index < -0.39 is 6.09 Å². The van der Waals surface area contributed by atoms with Crippen LogP contribution in [0.3, 0.4) is 0 Å². The fraction of sp³-hybridized carbons (Fsp3) is 0.333. The van der Waals surface area contributed by atoms with E-state index in [0.29, 0.717) is 31.0 Å². The second kappa shape index (κ2) is 9.08. The van der Waals surface area contributed by atoms with Gasteiger partial charge in [-0.15, -0.1) is 0 Å². The topological polar surface area (TPSA) is 112 Å². The second-order valence-corrected chi connectivity index (χ2v) is 8.73. The molecule has 162 valence electrons. The number of anilines is 2. The van der Waals surface area contributed by atoms with Crippen molar-refractivity contribution in [2.45, 2.75) is 19.8 Å². The SMILES string of the molecule is Cc1cc(Nc2nccn3c(I)cnc23)ccc1C(=O)N1CCC(CNC(=O)O)CC1. The van der Waals surface area contributed by atoms with Gasteiger partial charge in [-0.3, -0.25) is 9.20 Å². The Balaban J connectivity index is 1.43. The van der Waals surface area contributed by atoms with Crippen molar-refractivity contribution in [1.82, 2.24) is 24.6 Å². The summed E-state index contributed by atoms with van der Waals surface area (Å²) in [4.78, 5) is 34.3. The maximum Gasteiger partial charge on any atom is 0.404 e. The van der Waals surface area contributed by atoms with Gasteiger partial charge in [0, 0.05) is 43.3 Å². The van der Waals surface area contributed by atoms with Gasteiger partial charge in [0.25, 0.3) is 5.91 Å². The quantitative estimate of drug-likeness (QED) is 0.432. The number of piperidine rings is 1. The summed E-state index contributed by atoms with van der Waals surface area (Å²) in [5.74, 6) is 0.937. The van der Waals surface area contributed by atoms with E-state index in [1.54, 1.807) is 12.4 Å². The molecule has 0 spiro atoms. The average molecular weight is 534 g/mol. The molecule has 0 radical (unpaired) electrons. The van der Waals surface area contributed by atoms with E-state index >= 15 is 0 Å². The van der Waals surface area contributed by atoms with Crippen molar-refractivity contribution >= 4 is 51.7 Å². The minimum absolute atomic E-state index is 0.0109. The second-order valence-electron chi connectivity index (χ2n) is 7.63. The lowest BCUT2D eigenvalue weighted by molar-refractivity contribution is 0.0688. The van der Waals surface area contributed by atoms with Crippen LogP contribution < -0.4 is 10.6 Å². The molecule has 3 aromatic rings. The summed E-state index contributed by atoms with van der Waals surface area (Å²) in [5.41, 5.74) is 3.14. The highest BCUT2D eigenvalue weighted by Gasteiger charge is 2.25. The van der Waals surface area contributed by atoms with Crippen molar-refractivity contribution in [2.24, 2.45) is 5.92 Å². The minimum Gasteiger partial charge on any atom is -0.465 e. The maximum atomic E-state index is 13.0. The number of benzene rings is 1. The zero-order valence-corrected chi connectivity index (χ0v) is 19.2.